The average Bonchev–Trinajstić information content (AvgIpc) is 2.92. The van der Waals surface area contributed by atoms with Gasteiger partial charge in [-0.2, -0.15) is 0 Å². The Bertz CT molecular complexity index is 522. The van der Waals surface area contributed by atoms with Gasteiger partial charge in [0, 0.05) is 0 Å². The van der Waals surface area contributed by atoms with Crippen LogP contribution in [0.5, 0.6) is 5.75 Å². The maximum Gasteiger partial charge on any atom is 0.261 e. The van der Waals surface area contributed by atoms with Gasteiger partial charge in [0.2, 0.25) is 0 Å². The number of methoxy groups -OCH3 is 1. The van der Waals surface area contributed by atoms with E-state index in [2.05, 4.69) is 5.32 Å². The summed E-state index contributed by atoms with van der Waals surface area (Å²) in [6.07, 6.45) is 0. The van der Waals surface area contributed by atoms with Crippen molar-refractivity contribution in [3.8, 4) is 5.75 Å². The molecule has 0 bridgehead atoms. The summed E-state index contributed by atoms with van der Waals surface area (Å²) in [5, 5.41) is 4.86. The van der Waals surface area contributed by atoms with Crippen LogP contribution in [-0.2, 0) is 0 Å². The van der Waals surface area contributed by atoms with Crippen LogP contribution in [0.15, 0.2) is 41.8 Å². The summed E-state index contributed by atoms with van der Waals surface area (Å²) >= 11 is 1.44. The lowest BCUT2D eigenvalue weighted by Crippen LogP contribution is -2.25. The Morgan fingerprint density at radius 2 is 2.17 bits per heavy atom. The highest BCUT2D eigenvalue weighted by atomic mass is 32.1. The van der Waals surface area contributed by atoms with Gasteiger partial charge < -0.3 is 10.1 Å². The van der Waals surface area contributed by atoms with Crippen molar-refractivity contribution < 1.29 is 9.53 Å². The molecule has 0 aliphatic heterocycles. The number of hydrogen-bond donors (Lipinski definition) is 1. The molecule has 18 heavy (non-hydrogen) atoms. The van der Waals surface area contributed by atoms with Crippen LogP contribution in [0.3, 0.4) is 0 Å². The predicted molar refractivity (Wildman–Crippen MR) is 73.2 cm³/mol. The SMILES string of the molecule is COc1cccc(C(C)NC(=O)c2cccs2)c1. The van der Waals surface area contributed by atoms with E-state index in [1.165, 1.54) is 11.3 Å². The van der Waals surface area contributed by atoms with Crippen molar-refractivity contribution in [2.24, 2.45) is 0 Å². The van der Waals surface area contributed by atoms with Gasteiger partial charge in [-0.3, -0.25) is 4.79 Å². The number of nitrogens with one attached hydrogen (secondary N) is 1. The molecule has 0 saturated carbocycles. The Labute approximate surface area is 110 Å². The lowest BCUT2D eigenvalue weighted by atomic mass is 10.1. The zero-order valence-electron chi connectivity index (χ0n) is 10.3. The van der Waals surface area contributed by atoms with Gasteiger partial charge in [0.25, 0.3) is 5.91 Å². The molecule has 94 valence electrons. The van der Waals surface area contributed by atoms with Crippen molar-refractivity contribution in [2.45, 2.75) is 13.0 Å². The first kappa shape index (κ1) is 12.6. The van der Waals surface area contributed by atoms with E-state index in [-0.39, 0.29) is 11.9 Å². The van der Waals surface area contributed by atoms with Crippen LogP contribution in [0, 0.1) is 0 Å². The highest BCUT2D eigenvalue weighted by Gasteiger charge is 2.12. The number of thiophene rings is 1. The lowest BCUT2D eigenvalue weighted by Gasteiger charge is -2.14. The fourth-order valence-electron chi connectivity index (χ4n) is 1.67. The Hall–Kier alpha value is -1.81. The third-order valence-corrected chi connectivity index (χ3v) is 3.55. The number of amides is 1. The second-order valence-corrected chi connectivity index (χ2v) is 4.90. The van der Waals surface area contributed by atoms with Gasteiger partial charge in [0.1, 0.15) is 5.75 Å². The summed E-state index contributed by atoms with van der Waals surface area (Å²) in [6.45, 7) is 1.96. The summed E-state index contributed by atoms with van der Waals surface area (Å²) in [4.78, 5) is 12.6. The monoisotopic (exact) mass is 261 g/mol. The van der Waals surface area contributed by atoms with Crippen molar-refractivity contribution in [3.05, 3.63) is 52.2 Å². The van der Waals surface area contributed by atoms with Gasteiger partial charge in [0.05, 0.1) is 18.0 Å². The van der Waals surface area contributed by atoms with Crippen LogP contribution in [0.25, 0.3) is 0 Å². The van der Waals surface area contributed by atoms with Crippen LogP contribution in [0.4, 0.5) is 0 Å². The summed E-state index contributed by atoms with van der Waals surface area (Å²) in [5.74, 6) is 0.755. The van der Waals surface area contributed by atoms with Gasteiger partial charge in [-0.25, -0.2) is 0 Å². The summed E-state index contributed by atoms with van der Waals surface area (Å²) < 4.78 is 5.17. The highest BCUT2D eigenvalue weighted by Crippen LogP contribution is 2.19. The van der Waals surface area contributed by atoms with E-state index in [0.29, 0.717) is 0 Å². The molecule has 1 aromatic heterocycles. The predicted octanol–water partition coefficient (Wildman–Crippen LogP) is 3.25. The number of benzene rings is 1. The van der Waals surface area contributed by atoms with E-state index in [1.807, 2.05) is 48.7 Å². The minimum atomic E-state index is -0.0466. The molecule has 2 rings (SSSR count). The largest absolute Gasteiger partial charge is 0.497 e. The molecule has 0 aliphatic rings. The molecule has 2 aromatic rings. The van der Waals surface area contributed by atoms with Crippen molar-refractivity contribution in [1.82, 2.24) is 5.32 Å². The molecule has 1 aromatic carbocycles. The lowest BCUT2D eigenvalue weighted by molar-refractivity contribution is 0.0944. The summed E-state index contributed by atoms with van der Waals surface area (Å²) in [6, 6.07) is 11.4. The first-order valence-corrected chi connectivity index (χ1v) is 6.57. The van der Waals surface area contributed by atoms with Gasteiger partial charge >= 0.3 is 0 Å². The highest BCUT2D eigenvalue weighted by molar-refractivity contribution is 7.12. The van der Waals surface area contributed by atoms with Gasteiger partial charge in [-0.1, -0.05) is 18.2 Å². The summed E-state index contributed by atoms with van der Waals surface area (Å²) in [5.41, 5.74) is 1.03. The number of carbonyl (C=O) groups is 1. The molecule has 3 nitrogen and oxygen atoms in total. The Morgan fingerprint density at radius 1 is 1.33 bits per heavy atom. The maximum atomic E-state index is 11.9. The zero-order valence-corrected chi connectivity index (χ0v) is 11.2. The van der Waals surface area contributed by atoms with Crippen LogP contribution < -0.4 is 10.1 Å². The molecule has 1 unspecified atom stereocenters. The Balaban J connectivity index is 2.07. The van der Waals surface area contributed by atoms with Crippen molar-refractivity contribution in [2.75, 3.05) is 7.11 Å². The molecule has 4 heteroatoms. The second kappa shape index (κ2) is 5.69. The van der Waals surface area contributed by atoms with E-state index in [0.717, 1.165) is 16.2 Å². The normalized spacial score (nSPS) is 11.9. The smallest absolute Gasteiger partial charge is 0.261 e. The number of carbonyl (C=O) groups excluding carboxylic acids is 1. The Kier molecular flexibility index (Phi) is 3.99. The second-order valence-electron chi connectivity index (χ2n) is 3.95. The molecule has 1 amide bonds. The van der Waals surface area contributed by atoms with Gasteiger partial charge in [0.15, 0.2) is 0 Å². The van der Waals surface area contributed by atoms with E-state index in [1.54, 1.807) is 7.11 Å². The average molecular weight is 261 g/mol. The molecular weight excluding hydrogens is 246 g/mol. The van der Waals surface area contributed by atoms with E-state index < -0.39 is 0 Å². The summed E-state index contributed by atoms with van der Waals surface area (Å²) in [7, 11) is 1.63. The first-order valence-electron chi connectivity index (χ1n) is 5.69. The molecule has 0 spiro atoms. The topological polar surface area (TPSA) is 38.3 Å². The molecule has 0 aliphatic carbocycles. The standard InChI is InChI=1S/C14H15NO2S/c1-10(11-5-3-6-12(9-11)17-2)15-14(16)13-7-4-8-18-13/h3-10H,1-2H3,(H,15,16). The third kappa shape index (κ3) is 2.90. The van der Waals surface area contributed by atoms with Crippen LogP contribution in [-0.4, -0.2) is 13.0 Å². The molecule has 0 fully saturated rings. The fraction of sp³-hybridized carbons (Fsp3) is 0.214. The van der Waals surface area contributed by atoms with Crippen LogP contribution >= 0.6 is 11.3 Å². The van der Waals surface area contributed by atoms with Crippen molar-refractivity contribution in [3.63, 3.8) is 0 Å². The molecule has 1 heterocycles. The molecule has 1 N–H and O–H groups in total. The molecule has 1 atom stereocenters. The minimum Gasteiger partial charge on any atom is -0.497 e. The minimum absolute atomic E-state index is 0.0414. The maximum absolute atomic E-state index is 11.9. The van der Waals surface area contributed by atoms with Crippen molar-refractivity contribution >= 4 is 17.2 Å². The fourth-order valence-corrected chi connectivity index (χ4v) is 2.30. The quantitative estimate of drug-likeness (QED) is 0.917. The van der Waals surface area contributed by atoms with E-state index in [9.17, 15) is 4.79 Å². The van der Waals surface area contributed by atoms with Crippen molar-refractivity contribution in [1.29, 1.82) is 0 Å². The number of rotatable bonds is 4. The zero-order chi connectivity index (χ0) is 13.0. The number of hydrogen-bond acceptors (Lipinski definition) is 3. The third-order valence-electron chi connectivity index (χ3n) is 2.69. The van der Waals surface area contributed by atoms with Gasteiger partial charge in [-0.15, -0.1) is 11.3 Å². The Morgan fingerprint density at radius 3 is 2.83 bits per heavy atom. The van der Waals surface area contributed by atoms with E-state index >= 15 is 0 Å². The molecule has 0 saturated heterocycles. The first-order chi connectivity index (χ1) is 8.70. The molecular formula is C14H15NO2S. The van der Waals surface area contributed by atoms with Crippen LogP contribution in [0.2, 0.25) is 0 Å². The van der Waals surface area contributed by atoms with Gasteiger partial charge in [-0.05, 0) is 36.1 Å². The van der Waals surface area contributed by atoms with E-state index in [4.69, 9.17) is 4.74 Å². The van der Waals surface area contributed by atoms with Crippen LogP contribution in [0.1, 0.15) is 28.2 Å². The number of ether oxygens (including phenoxy) is 1. The molecule has 0 radical (unpaired) electrons.